The van der Waals surface area contributed by atoms with E-state index < -0.39 is 17.5 Å². The third kappa shape index (κ3) is 5.22. The average Bonchev–Trinajstić information content (AvgIpc) is 2.70. The van der Waals surface area contributed by atoms with E-state index in [-0.39, 0.29) is 19.6 Å². The third-order valence-corrected chi connectivity index (χ3v) is 4.51. The number of fused-ring (bicyclic) bond motifs is 1. The molecule has 0 radical (unpaired) electrons. The molecule has 0 aliphatic carbocycles. The van der Waals surface area contributed by atoms with E-state index in [0.29, 0.717) is 23.3 Å². The lowest BCUT2D eigenvalue weighted by atomic mass is 10.00. The molecule has 1 heterocycles. The molecule has 3 aromatic rings. The van der Waals surface area contributed by atoms with Crippen LogP contribution in [0.25, 0.3) is 11.0 Å². The number of ether oxygens (including phenoxy) is 1. The van der Waals surface area contributed by atoms with Gasteiger partial charge in [-0.3, -0.25) is 9.59 Å². The number of carboxylic acid groups (broad SMARTS) is 1. The molecule has 7 nitrogen and oxygen atoms in total. The van der Waals surface area contributed by atoms with Crippen molar-refractivity contribution in [2.45, 2.75) is 19.8 Å². The van der Waals surface area contributed by atoms with E-state index in [1.165, 1.54) is 0 Å². The fourth-order valence-electron chi connectivity index (χ4n) is 2.98. The van der Waals surface area contributed by atoms with Gasteiger partial charge in [-0.05, 0) is 30.2 Å². The van der Waals surface area contributed by atoms with Crippen LogP contribution in [0, 0.1) is 6.92 Å². The Balaban J connectivity index is 1.73. The number of nitrogens with one attached hydrogen (secondary N) is 1. The first-order valence-corrected chi connectivity index (χ1v) is 9.15. The van der Waals surface area contributed by atoms with Gasteiger partial charge in [-0.15, -0.1) is 0 Å². The molecular formula is C22H21NO6. The van der Waals surface area contributed by atoms with Gasteiger partial charge < -0.3 is 19.6 Å². The van der Waals surface area contributed by atoms with E-state index >= 15 is 0 Å². The van der Waals surface area contributed by atoms with Crippen molar-refractivity contribution in [3.8, 4) is 5.75 Å². The zero-order valence-corrected chi connectivity index (χ0v) is 15.9. The minimum atomic E-state index is -0.988. The first kappa shape index (κ1) is 20.1. The zero-order valence-electron chi connectivity index (χ0n) is 15.9. The summed E-state index contributed by atoms with van der Waals surface area (Å²) >= 11 is 0. The van der Waals surface area contributed by atoms with Crippen LogP contribution in [0.1, 0.15) is 23.1 Å². The number of amides is 1. The average molecular weight is 395 g/mol. The zero-order chi connectivity index (χ0) is 20.8. The largest absolute Gasteiger partial charge is 0.484 e. The maximum Gasteiger partial charge on any atom is 0.340 e. The van der Waals surface area contributed by atoms with Crippen molar-refractivity contribution in [1.29, 1.82) is 0 Å². The lowest BCUT2D eigenvalue weighted by Crippen LogP contribution is -2.30. The second kappa shape index (κ2) is 9.05. The summed E-state index contributed by atoms with van der Waals surface area (Å²) in [6.45, 7) is 1.65. The molecule has 2 aromatic carbocycles. The number of carboxylic acids is 1. The highest BCUT2D eigenvalue weighted by atomic mass is 16.5. The Morgan fingerprint density at radius 1 is 1.14 bits per heavy atom. The fourth-order valence-corrected chi connectivity index (χ4v) is 2.98. The van der Waals surface area contributed by atoms with Gasteiger partial charge in [-0.2, -0.15) is 0 Å². The molecule has 0 spiro atoms. The van der Waals surface area contributed by atoms with Crippen molar-refractivity contribution in [1.82, 2.24) is 5.32 Å². The van der Waals surface area contributed by atoms with Gasteiger partial charge in [0.05, 0.1) is 6.42 Å². The molecule has 0 atom stereocenters. The number of carbonyl (C=O) groups is 2. The summed E-state index contributed by atoms with van der Waals surface area (Å²) in [5.41, 5.74) is 2.46. The third-order valence-electron chi connectivity index (χ3n) is 4.51. The van der Waals surface area contributed by atoms with Crippen molar-refractivity contribution in [2.75, 3.05) is 13.2 Å². The summed E-state index contributed by atoms with van der Waals surface area (Å²) in [7, 11) is 0. The van der Waals surface area contributed by atoms with E-state index in [2.05, 4.69) is 5.32 Å². The molecule has 2 N–H and O–H groups in total. The molecule has 1 aromatic heterocycles. The van der Waals surface area contributed by atoms with Gasteiger partial charge in [0.2, 0.25) is 0 Å². The minimum absolute atomic E-state index is 0.0352. The SMILES string of the molecule is Cc1c(Cc2ccccc2)c(=O)oc2cc(OCC(=O)NCCC(=O)O)ccc12. The van der Waals surface area contributed by atoms with Gasteiger partial charge in [-0.25, -0.2) is 4.79 Å². The molecular weight excluding hydrogens is 374 g/mol. The van der Waals surface area contributed by atoms with Crippen LogP contribution in [0.5, 0.6) is 5.75 Å². The predicted molar refractivity (Wildman–Crippen MR) is 107 cm³/mol. The number of rotatable bonds is 8. The van der Waals surface area contributed by atoms with E-state index in [9.17, 15) is 14.4 Å². The summed E-state index contributed by atoms with van der Waals surface area (Å²) in [5, 5.41) is 11.8. The topological polar surface area (TPSA) is 106 Å². The Morgan fingerprint density at radius 3 is 2.62 bits per heavy atom. The second-order valence-electron chi connectivity index (χ2n) is 6.60. The number of aliphatic carboxylic acids is 1. The quantitative estimate of drug-likeness (QED) is 0.568. The van der Waals surface area contributed by atoms with Crippen LogP contribution < -0.4 is 15.7 Å². The molecule has 0 aliphatic rings. The van der Waals surface area contributed by atoms with Gasteiger partial charge in [0.1, 0.15) is 11.3 Å². The molecule has 29 heavy (non-hydrogen) atoms. The van der Waals surface area contributed by atoms with Crippen LogP contribution in [-0.2, 0) is 16.0 Å². The van der Waals surface area contributed by atoms with E-state index in [4.69, 9.17) is 14.3 Å². The van der Waals surface area contributed by atoms with Crippen LogP contribution in [0.2, 0.25) is 0 Å². The predicted octanol–water partition coefficient (Wildman–Crippen LogP) is 2.66. The number of hydrogen-bond acceptors (Lipinski definition) is 5. The lowest BCUT2D eigenvalue weighted by molar-refractivity contribution is -0.137. The molecule has 1 amide bonds. The Kier molecular flexibility index (Phi) is 6.29. The van der Waals surface area contributed by atoms with Crippen molar-refractivity contribution in [3.63, 3.8) is 0 Å². The monoisotopic (exact) mass is 395 g/mol. The highest BCUT2D eigenvalue weighted by molar-refractivity contribution is 5.83. The highest BCUT2D eigenvalue weighted by Gasteiger charge is 2.13. The number of carbonyl (C=O) groups excluding carboxylic acids is 1. The number of aryl methyl sites for hydroxylation is 1. The summed E-state index contributed by atoms with van der Waals surface area (Å²) < 4.78 is 10.9. The molecule has 0 saturated carbocycles. The van der Waals surface area contributed by atoms with Crippen molar-refractivity contribution in [3.05, 3.63) is 75.6 Å². The summed E-state index contributed by atoms with van der Waals surface area (Å²) in [6.07, 6.45) is 0.331. The maximum atomic E-state index is 12.5. The molecule has 0 bridgehead atoms. The van der Waals surface area contributed by atoms with Gasteiger partial charge in [-0.1, -0.05) is 30.3 Å². The highest BCUT2D eigenvalue weighted by Crippen LogP contribution is 2.25. The van der Waals surface area contributed by atoms with Gasteiger partial charge in [0.15, 0.2) is 6.61 Å². The fraction of sp³-hybridized carbons (Fsp3) is 0.227. The van der Waals surface area contributed by atoms with Crippen LogP contribution in [-0.4, -0.2) is 30.1 Å². The molecule has 150 valence electrons. The molecule has 0 fully saturated rings. The Morgan fingerprint density at radius 2 is 1.90 bits per heavy atom. The standard InChI is InChI=1S/C22H21NO6/c1-14-17-8-7-16(28-13-20(24)23-10-9-21(25)26)12-19(17)29-22(27)18(14)11-15-5-3-2-4-6-15/h2-8,12H,9-11,13H2,1H3,(H,23,24)(H,25,26). The van der Waals surface area contributed by atoms with Gasteiger partial charge in [0, 0.05) is 30.0 Å². The second-order valence-corrected chi connectivity index (χ2v) is 6.60. The molecule has 7 heteroatoms. The van der Waals surface area contributed by atoms with Gasteiger partial charge in [0.25, 0.3) is 5.91 Å². The van der Waals surface area contributed by atoms with Crippen molar-refractivity contribution < 1.29 is 23.8 Å². The first-order chi connectivity index (χ1) is 13.9. The van der Waals surface area contributed by atoms with E-state index in [1.807, 2.05) is 37.3 Å². The maximum absolute atomic E-state index is 12.5. The molecule has 0 unspecified atom stereocenters. The first-order valence-electron chi connectivity index (χ1n) is 9.15. The molecule has 3 rings (SSSR count). The van der Waals surface area contributed by atoms with Crippen LogP contribution >= 0.6 is 0 Å². The van der Waals surface area contributed by atoms with Crippen LogP contribution in [0.3, 0.4) is 0 Å². The normalized spacial score (nSPS) is 10.7. The van der Waals surface area contributed by atoms with Crippen LogP contribution in [0.4, 0.5) is 0 Å². The van der Waals surface area contributed by atoms with E-state index in [0.717, 1.165) is 16.5 Å². The van der Waals surface area contributed by atoms with E-state index in [1.54, 1.807) is 18.2 Å². The lowest BCUT2D eigenvalue weighted by Gasteiger charge is -2.10. The minimum Gasteiger partial charge on any atom is -0.484 e. The number of benzene rings is 2. The Labute approximate surface area is 166 Å². The summed E-state index contributed by atoms with van der Waals surface area (Å²) in [6, 6.07) is 14.8. The Hall–Kier alpha value is -3.61. The summed E-state index contributed by atoms with van der Waals surface area (Å²) in [4.78, 5) is 34.6. The van der Waals surface area contributed by atoms with Crippen molar-refractivity contribution >= 4 is 22.8 Å². The smallest absolute Gasteiger partial charge is 0.340 e. The van der Waals surface area contributed by atoms with Gasteiger partial charge >= 0.3 is 11.6 Å². The summed E-state index contributed by atoms with van der Waals surface area (Å²) in [5.74, 6) is -1.04. The van der Waals surface area contributed by atoms with Crippen LogP contribution in [0.15, 0.2) is 57.7 Å². The molecule has 0 aliphatic heterocycles. The van der Waals surface area contributed by atoms with Crippen molar-refractivity contribution in [2.24, 2.45) is 0 Å². The number of hydrogen-bond donors (Lipinski definition) is 2. The Bertz CT molecular complexity index is 1090. The molecule has 0 saturated heterocycles.